The largest absolute Gasteiger partial charge is 0.396 e. The molecule has 0 atom stereocenters. The second-order valence-electron chi connectivity index (χ2n) is 6.05. The van der Waals surface area contributed by atoms with Gasteiger partial charge in [-0.15, -0.1) is 11.3 Å². The molecule has 0 unspecified atom stereocenters. The van der Waals surface area contributed by atoms with Crippen molar-refractivity contribution in [2.24, 2.45) is 5.92 Å². The van der Waals surface area contributed by atoms with Gasteiger partial charge in [-0.05, 0) is 55.0 Å². The lowest BCUT2D eigenvalue weighted by Crippen LogP contribution is -2.38. The minimum atomic E-state index is -0.258. The van der Waals surface area contributed by atoms with Crippen molar-refractivity contribution in [3.63, 3.8) is 0 Å². The molecular formula is C18H20FNO2S. The van der Waals surface area contributed by atoms with Crippen LogP contribution in [0, 0.1) is 18.7 Å². The summed E-state index contributed by atoms with van der Waals surface area (Å²) in [7, 11) is 0. The van der Waals surface area contributed by atoms with Gasteiger partial charge in [0.1, 0.15) is 5.82 Å². The number of carbonyl (C=O) groups excluding carboxylic acids is 1. The van der Waals surface area contributed by atoms with Crippen molar-refractivity contribution in [1.29, 1.82) is 0 Å². The van der Waals surface area contributed by atoms with Gasteiger partial charge in [0.2, 0.25) is 0 Å². The molecule has 1 aliphatic rings. The molecular weight excluding hydrogens is 313 g/mol. The Hall–Kier alpha value is -1.72. The summed E-state index contributed by atoms with van der Waals surface area (Å²) >= 11 is 1.46. The van der Waals surface area contributed by atoms with Crippen LogP contribution in [0.2, 0.25) is 0 Å². The number of aryl methyl sites for hydroxylation is 1. The van der Waals surface area contributed by atoms with Gasteiger partial charge >= 0.3 is 0 Å². The van der Waals surface area contributed by atoms with Crippen LogP contribution in [-0.2, 0) is 0 Å². The number of rotatable bonds is 3. The molecule has 0 aliphatic carbocycles. The summed E-state index contributed by atoms with van der Waals surface area (Å²) in [6.45, 7) is 3.58. The third kappa shape index (κ3) is 3.46. The molecule has 1 amide bonds. The molecule has 0 saturated carbocycles. The maximum absolute atomic E-state index is 13.1. The predicted octanol–water partition coefficient (Wildman–Crippen LogP) is 3.71. The summed E-state index contributed by atoms with van der Waals surface area (Å²) in [5.74, 6) is 0.118. The Bertz CT molecular complexity index is 688. The number of aliphatic hydroxyl groups is 1. The van der Waals surface area contributed by atoms with Crippen LogP contribution >= 0.6 is 11.3 Å². The Morgan fingerprint density at radius 1 is 1.30 bits per heavy atom. The van der Waals surface area contributed by atoms with E-state index in [9.17, 15) is 14.3 Å². The fourth-order valence-electron chi connectivity index (χ4n) is 2.95. The van der Waals surface area contributed by atoms with Gasteiger partial charge < -0.3 is 10.0 Å². The van der Waals surface area contributed by atoms with E-state index in [4.69, 9.17) is 0 Å². The second kappa shape index (κ2) is 6.81. The number of piperidine rings is 1. The molecule has 2 aromatic rings. The molecule has 1 fully saturated rings. The number of nitrogens with zero attached hydrogens (tertiary/aromatic N) is 1. The normalized spacial score (nSPS) is 15.9. The molecule has 0 radical (unpaired) electrons. The van der Waals surface area contributed by atoms with E-state index in [1.54, 1.807) is 12.1 Å². The summed E-state index contributed by atoms with van der Waals surface area (Å²) in [6, 6.07) is 8.29. The lowest BCUT2D eigenvalue weighted by atomic mass is 9.98. The van der Waals surface area contributed by atoms with Crippen LogP contribution in [0.25, 0.3) is 10.4 Å². The molecule has 2 heterocycles. The molecule has 0 spiro atoms. The number of hydrogen-bond acceptors (Lipinski definition) is 3. The standard InChI is InChI=1S/C18H20FNO2S/c1-12-10-16(18(22)20-8-6-13(11-21)7-9-20)23-17(12)14-2-4-15(19)5-3-14/h2-5,10,13,21H,6-9,11H2,1H3. The minimum Gasteiger partial charge on any atom is -0.396 e. The van der Waals surface area contributed by atoms with Crippen molar-refractivity contribution >= 4 is 17.2 Å². The van der Waals surface area contributed by atoms with Crippen LogP contribution < -0.4 is 0 Å². The lowest BCUT2D eigenvalue weighted by Gasteiger charge is -2.30. The van der Waals surface area contributed by atoms with Gasteiger partial charge in [-0.2, -0.15) is 0 Å². The van der Waals surface area contributed by atoms with Gasteiger partial charge in [0.05, 0.1) is 4.88 Å². The maximum Gasteiger partial charge on any atom is 0.263 e. The number of benzene rings is 1. The van der Waals surface area contributed by atoms with E-state index in [-0.39, 0.29) is 18.3 Å². The highest BCUT2D eigenvalue weighted by Gasteiger charge is 2.25. The summed E-state index contributed by atoms with van der Waals surface area (Å²) in [6.07, 6.45) is 1.72. The first-order chi connectivity index (χ1) is 11.1. The van der Waals surface area contributed by atoms with Crippen molar-refractivity contribution in [3.05, 3.63) is 46.6 Å². The molecule has 122 valence electrons. The number of likely N-dealkylation sites (tertiary alicyclic amines) is 1. The van der Waals surface area contributed by atoms with E-state index >= 15 is 0 Å². The van der Waals surface area contributed by atoms with E-state index in [1.807, 2.05) is 17.9 Å². The zero-order valence-electron chi connectivity index (χ0n) is 13.1. The Labute approximate surface area is 139 Å². The Kier molecular flexibility index (Phi) is 4.78. The first-order valence-corrected chi connectivity index (χ1v) is 8.66. The first kappa shape index (κ1) is 16.1. The van der Waals surface area contributed by atoms with E-state index in [1.165, 1.54) is 23.5 Å². The van der Waals surface area contributed by atoms with Crippen molar-refractivity contribution in [1.82, 2.24) is 4.90 Å². The van der Waals surface area contributed by atoms with Crippen LogP contribution in [0.4, 0.5) is 4.39 Å². The molecule has 1 aromatic carbocycles. The number of thiophene rings is 1. The molecule has 5 heteroatoms. The number of carbonyl (C=O) groups is 1. The van der Waals surface area contributed by atoms with E-state index in [2.05, 4.69) is 0 Å². The van der Waals surface area contributed by atoms with Gasteiger partial charge in [-0.25, -0.2) is 4.39 Å². The number of hydrogen-bond donors (Lipinski definition) is 1. The average Bonchev–Trinajstić information content (AvgIpc) is 2.97. The molecule has 1 saturated heterocycles. The smallest absolute Gasteiger partial charge is 0.263 e. The van der Waals surface area contributed by atoms with Crippen LogP contribution in [-0.4, -0.2) is 35.6 Å². The molecule has 1 aliphatic heterocycles. The highest BCUT2D eigenvalue weighted by Crippen LogP contribution is 2.33. The van der Waals surface area contributed by atoms with E-state index in [0.717, 1.165) is 33.7 Å². The van der Waals surface area contributed by atoms with Crippen LogP contribution in [0.1, 0.15) is 28.1 Å². The molecule has 3 nitrogen and oxygen atoms in total. The van der Waals surface area contributed by atoms with Gasteiger partial charge in [-0.1, -0.05) is 12.1 Å². The lowest BCUT2D eigenvalue weighted by molar-refractivity contribution is 0.0655. The maximum atomic E-state index is 13.1. The Morgan fingerprint density at radius 2 is 1.96 bits per heavy atom. The third-order valence-corrected chi connectivity index (χ3v) is 5.67. The summed E-state index contributed by atoms with van der Waals surface area (Å²) < 4.78 is 13.1. The van der Waals surface area contributed by atoms with E-state index < -0.39 is 0 Å². The fraction of sp³-hybridized carbons (Fsp3) is 0.389. The monoisotopic (exact) mass is 333 g/mol. The fourth-order valence-corrected chi connectivity index (χ4v) is 4.10. The summed E-state index contributed by atoms with van der Waals surface area (Å²) in [5.41, 5.74) is 1.97. The van der Waals surface area contributed by atoms with Gasteiger partial charge in [-0.3, -0.25) is 4.79 Å². The SMILES string of the molecule is Cc1cc(C(=O)N2CCC(CO)CC2)sc1-c1ccc(F)cc1. The highest BCUT2D eigenvalue weighted by molar-refractivity contribution is 7.17. The topological polar surface area (TPSA) is 40.5 Å². The second-order valence-corrected chi connectivity index (χ2v) is 7.10. The van der Waals surface area contributed by atoms with Crippen molar-refractivity contribution in [2.75, 3.05) is 19.7 Å². The Morgan fingerprint density at radius 3 is 2.57 bits per heavy atom. The molecule has 0 bridgehead atoms. The zero-order chi connectivity index (χ0) is 16.4. The quantitative estimate of drug-likeness (QED) is 0.930. The van der Waals surface area contributed by atoms with E-state index in [0.29, 0.717) is 19.0 Å². The summed E-state index contributed by atoms with van der Waals surface area (Å²) in [5, 5.41) is 9.19. The number of halogens is 1. The average molecular weight is 333 g/mol. The number of amides is 1. The Balaban J connectivity index is 1.78. The minimum absolute atomic E-state index is 0.0582. The van der Waals surface area contributed by atoms with Crippen molar-refractivity contribution < 1.29 is 14.3 Å². The van der Waals surface area contributed by atoms with Crippen molar-refractivity contribution in [2.45, 2.75) is 19.8 Å². The first-order valence-electron chi connectivity index (χ1n) is 7.85. The van der Waals surface area contributed by atoms with Gasteiger partial charge in [0.15, 0.2) is 0 Å². The van der Waals surface area contributed by atoms with Crippen LogP contribution in [0.5, 0.6) is 0 Å². The highest BCUT2D eigenvalue weighted by atomic mass is 32.1. The molecule has 1 N–H and O–H groups in total. The number of aliphatic hydroxyl groups excluding tert-OH is 1. The zero-order valence-corrected chi connectivity index (χ0v) is 13.9. The molecule has 23 heavy (non-hydrogen) atoms. The van der Waals surface area contributed by atoms with Crippen LogP contribution in [0.15, 0.2) is 30.3 Å². The van der Waals surface area contributed by atoms with Gasteiger partial charge in [0, 0.05) is 24.6 Å². The predicted molar refractivity (Wildman–Crippen MR) is 90.2 cm³/mol. The van der Waals surface area contributed by atoms with Crippen molar-refractivity contribution in [3.8, 4) is 10.4 Å². The van der Waals surface area contributed by atoms with Crippen LogP contribution in [0.3, 0.4) is 0 Å². The van der Waals surface area contributed by atoms with Gasteiger partial charge in [0.25, 0.3) is 5.91 Å². The molecule has 1 aromatic heterocycles. The summed E-state index contributed by atoms with van der Waals surface area (Å²) in [4.78, 5) is 16.3. The molecule has 3 rings (SSSR count). The third-order valence-electron chi connectivity index (χ3n) is 4.39.